The van der Waals surface area contributed by atoms with Crippen molar-refractivity contribution < 1.29 is 19.3 Å². The number of rotatable bonds is 4. The molecule has 0 saturated heterocycles. The first-order valence-electron chi connectivity index (χ1n) is 5.28. The highest BCUT2D eigenvalue weighted by Gasteiger charge is 2.47. The first kappa shape index (κ1) is 12.3. The number of aliphatic hydroxyl groups is 1. The molecule has 1 aromatic rings. The molecule has 0 heterocycles. The Morgan fingerprint density at radius 3 is 2.12 bits per heavy atom. The van der Waals surface area contributed by atoms with E-state index >= 15 is 0 Å². The highest BCUT2D eigenvalue weighted by Crippen LogP contribution is 2.55. The smallest absolute Gasteiger partial charge is 0.180 e. The third kappa shape index (κ3) is 1.91. The molecule has 4 nitrogen and oxygen atoms in total. The summed E-state index contributed by atoms with van der Waals surface area (Å²) in [7, 11) is 4.57. The second kappa shape index (κ2) is 4.27. The Morgan fingerprint density at radius 2 is 1.71 bits per heavy atom. The van der Waals surface area contributed by atoms with Gasteiger partial charge in [0.2, 0.25) is 0 Å². The summed E-state index contributed by atoms with van der Waals surface area (Å²) in [6, 6.07) is 1.68. The van der Waals surface area contributed by atoms with Crippen LogP contribution in [0.5, 0.6) is 17.2 Å². The highest BCUT2D eigenvalue weighted by atomic mass is 35.5. The van der Waals surface area contributed by atoms with Crippen LogP contribution >= 0.6 is 11.6 Å². The van der Waals surface area contributed by atoms with Crippen LogP contribution in [-0.4, -0.2) is 26.4 Å². The van der Waals surface area contributed by atoms with Crippen LogP contribution in [0.25, 0.3) is 0 Å². The van der Waals surface area contributed by atoms with E-state index in [4.69, 9.17) is 25.8 Å². The minimum absolute atomic E-state index is 0.351. The van der Waals surface area contributed by atoms with Gasteiger partial charge >= 0.3 is 0 Å². The van der Waals surface area contributed by atoms with E-state index in [0.717, 1.165) is 0 Å². The first-order valence-corrected chi connectivity index (χ1v) is 5.66. The maximum absolute atomic E-state index is 10.2. The summed E-state index contributed by atoms with van der Waals surface area (Å²) in [5.41, 5.74) is -0.304. The average Bonchev–Trinajstić information content (AvgIpc) is 3.06. The third-order valence-corrected chi connectivity index (χ3v) is 3.34. The number of methoxy groups -OCH3 is 3. The molecule has 1 aliphatic carbocycles. The van der Waals surface area contributed by atoms with Crippen molar-refractivity contribution in [1.29, 1.82) is 0 Å². The van der Waals surface area contributed by atoms with Gasteiger partial charge in [0.05, 0.1) is 32.0 Å². The lowest BCUT2D eigenvalue weighted by Crippen LogP contribution is -2.09. The second-order valence-corrected chi connectivity index (χ2v) is 4.41. The summed E-state index contributed by atoms with van der Waals surface area (Å²) in [6.07, 6.45) is 1.36. The lowest BCUT2D eigenvalue weighted by atomic mass is 10.1. The number of ether oxygens (including phenoxy) is 3. The minimum atomic E-state index is -0.887. The quantitative estimate of drug-likeness (QED) is 0.901. The van der Waals surface area contributed by atoms with Crippen LogP contribution in [0, 0.1) is 0 Å². The van der Waals surface area contributed by atoms with Crippen LogP contribution in [0.1, 0.15) is 18.4 Å². The highest BCUT2D eigenvalue weighted by molar-refractivity contribution is 6.33. The molecule has 1 fully saturated rings. The largest absolute Gasteiger partial charge is 0.496 e. The fourth-order valence-corrected chi connectivity index (χ4v) is 2.33. The van der Waals surface area contributed by atoms with Gasteiger partial charge in [-0.1, -0.05) is 11.6 Å². The van der Waals surface area contributed by atoms with E-state index in [1.807, 2.05) is 0 Å². The average molecular weight is 259 g/mol. The van der Waals surface area contributed by atoms with Gasteiger partial charge in [-0.05, 0) is 12.8 Å². The molecule has 2 rings (SSSR count). The molecule has 94 valence electrons. The summed E-state index contributed by atoms with van der Waals surface area (Å²) < 4.78 is 15.6. The van der Waals surface area contributed by atoms with Crippen LogP contribution in [0.2, 0.25) is 5.02 Å². The fraction of sp³-hybridized carbons (Fsp3) is 0.500. The van der Waals surface area contributed by atoms with E-state index in [-0.39, 0.29) is 0 Å². The van der Waals surface area contributed by atoms with Gasteiger partial charge in [0.25, 0.3) is 0 Å². The Hall–Kier alpha value is -1.13. The topological polar surface area (TPSA) is 47.9 Å². The number of hydrogen-bond acceptors (Lipinski definition) is 4. The zero-order chi connectivity index (χ0) is 12.6. The lowest BCUT2D eigenvalue weighted by molar-refractivity contribution is 0.147. The van der Waals surface area contributed by atoms with Crippen molar-refractivity contribution in [2.75, 3.05) is 21.3 Å². The summed E-state index contributed by atoms with van der Waals surface area (Å²) in [5, 5.41) is 10.6. The fourth-order valence-electron chi connectivity index (χ4n) is 1.89. The Balaban J connectivity index is 2.64. The molecule has 0 aliphatic heterocycles. The van der Waals surface area contributed by atoms with Crippen molar-refractivity contribution >= 4 is 11.6 Å². The van der Waals surface area contributed by atoms with Crippen LogP contribution in [0.4, 0.5) is 0 Å². The molecule has 5 heteroatoms. The molecule has 0 radical (unpaired) electrons. The zero-order valence-electron chi connectivity index (χ0n) is 10.0. The van der Waals surface area contributed by atoms with Crippen molar-refractivity contribution in [2.24, 2.45) is 0 Å². The molecular weight excluding hydrogens is 244 g/mol. The summed E-state index contributed by atoms with van der Waals surface area (Å²) in [4.78, 5) is 0. The second-order valence-electron chi connectivity index (χ2n) is 4.03. The molecule has 0 amide bonds. The Morgan fingerprint density at radius 1 is 1.12 bits per heavy atom. The summed E-state index contributed by atoms with van der Waals surface area (Å²) in [6.45, 7) is 0. The van der Waals surface area contributed by atoms with Crippen molar-refractivity contribution in [3.05, 3.63) is 16.7 Å². The van der Waals surface area contributed by atoms with E-state index in [1.165, 1.54) is 21.3 Å². The molecule has 0 atom stereocenters. The van der Waals surface area contributed by atoms with Crippen LogP contribution < -0.4 is 14.2 Å². The molecule has 1 aromatic carbocycles. The van der Waals surface area contributed by atoms with Gasteiger partial charge in [0.15, 0.2) is 11.5 Å². The van der Waals surface area contributed by atoms with Gasteiger partial charge < -0.3 is 19.3 Å². The van der Waals surface area contributed by atoms with E-state index in [0.29, 0.717) is 40.7 Å². The maximum atomic E-state index is 10.2. The van der Waals surface area contributed by atoms with Crippen LogP contribution in [0.15, 0.2) is 6.07 Å². The van der Waals surface area contributed by atoms with Crippen molar-refractivity contribution in [2.45, 2.75) is 18.4 Å². The van der Waals surface area contributed by atoms with Crippen LogP contribution in [-0.2, 0) is 5.60 Å². The molecule has 0 bridgehead atoms. The molecule has 1 saturated carbocycles. The van der Waals surface area contributed by atoms with Gasteiger partial charge in [0, 0.05) is 11.6 Å². The van der Waals surface area contributed by atoms with Gasteiger partial charge in [-0.3, -0.25) is 0 Å². The van der Waals surface area contributed by atoms with Gasteiger partial charge in [-0.25, -0.2) is 0 Å². The number of halogens is 1. The van der Waals surface area contributed by atoms with Crippen molar-refractivity contribution in [3.8, 4) is 17.2 Å². The van der Waals surface area contributed by atoms with E-state index < -0.39 is 5.60 Å². The molecular formula is C12H15ClO4. The first-order chi connectivity index (χ1) is 8.07. The SMILES string of the molecule is COc1cc(OC)c(C2(O)CC2)c(Cl)c1OC. The normalized spacial score (nSPS) is 16.5. The van der Waals surface area contributed by atoms with E-state index in [2.05, 4.69) is 0 Å². The molecule has 1 aliphatic rings. The monoisotopic (exact) mass is 258 g/mol. The Labute approximate surface area is 105 Å². The van der Waals surface area contributed by atoms with Gasteiger partial charge in [-0.15, -0.1) is 0 Å². The molecule has 0 spiro atoms. The molecule has 1 N–H and O–H groups in total. The molecule has 0 aromatic heterocycles. The maximum Gasteiger partial charge on any atom is 0.180 e. The minimum Gasteiger partial charge on any atom is -0.496 e. The van der Waals surface area contributed by atoms with Crippen molar-refractivity contribution in [3.63, 3.8) is 0 Å². The molecule has 0 unspecified atom stereocenters. The summed E-state index contributed by atoms with van der Waals surface area (Å²) in [5.74, 6) is 1.43. The standard InChI is InChI=1S/C12H15ClO4/c1-15-7-6-8(16-2)11(17-3)10(13)9(7)12(14)4-5-12/h6,14H,4-5H2,1-3H3. The summed E-state index contributed by atoms with van der Waals surface area (Å²) >= 11 is 6.26. The zero-order valence-corrected chi connectivity index (χ0v) is 10.8. The van der Waals surface area contributed by atoms with Gasteiger partial charge in [-0.2, -0.15) is 0 Å². The van der Waals surface area contributed by atoms with E-state index in [1.54, 1.807) is 6.07 Å². The number of hydrogen-bond donors (Lipinski definition) is 1. The van der Waals surface area contributed by atoms with E-state index in [9.17, 15) is 5.11 Å². The Bertz CT molecular complexity index is 441. The van der Waals surface area contributed by atoms with Crippen LogP contribution in [0.3, 0.4) is 0 Å². The lowest BCUT2D eigenvalue weighted by Gasteiger charge is -2.19. The predicted octanol–water partition coefficient (Wildman–Crippen LogP) is 2.35. The Kier molecular flexibility index (Phi) is 3.10. The van der Waals surface area contributed by atoms with Crippen molar-refractivity contribution in [1.82, 2.24) is 0 Å². The third-order valence-electron chi connectivity index (χ3n) is 2.98. The predicted molar refractivity (Wildman–Crippen MR) is 64.2 cm³/mol. The van der Waals surface area contributed by atoms with Gasteiger partial charge in [0.1, 0.15) is 5.75 Å². The molecule has 17 heavy (non-hydrogen) atoms. The number of benzene rings is 1.